The number of nitrogens with zero attached hydrogens (tertiary/aromatic N) is 2. The van der Waals surface area contributed by atoms with Crippen molar-refractivity contribution in [2.45, 2.75) is 26.3 Å². The van der Waals surface area contributed by atoms with Crippen molar-refractivity contribution in [3.8, 4) is 0 Å². The van der Waals surface area contributed by atoms with Gasteiger partial charge in [0.05, 0.1) is 24.0 Å². The van der Waals surface area contributed by atoms with Crippen LogP contribution in [0.25, 0.3) is 11.0 Å². The highest BCUT2D eigenvalue weighted by Gasteiger charge is 2.16. The summed E-state index contributed by atoms with van der Waals surface area (Å²) in [5.41, 5.74) is 2.75. The summed E-state index contributed by atoms with van der Waals surface area (Å²) in [5, 5.41) is 5.75. The molecule has 22 heavy (non-hydrogen) atoms. The summed E-state index contributed by atoms with van der Waals surface area (Å²) in [5.74, 6) is 0.429. The monoisotopic (exact) mass is 302 g/mol. The van der Waals surface area contributed by atoms with Gasteiger partial charge in [0.1, 0.15) is 0 Å². The molecule has 0 radical (unpaired) electrons. The molecule has 1 aliphatic rings. The van der Waals surface area contributed by atoms with Gasteiger partial charge in [0.2, 0.25) is 0 Å². The first-order valence-electron chi connectivity index (χ1n) is 7.83. The number of nitrogens with one attached hydrogen (secondary N) is 2. The number of benzene rings is 1. The van der Waals surface area contributed by atoms with Gasteiger partial charge < -0.3 is 19.9 Å². The molecule has 2 heterocycles. The summed E-state index contributed by atoms with van der Waals surface area (Å²) < 4.78 is 7.42. The third kappa shape index (κ3) is 3.39. The van der Waals surface area contributed by atoms with Crippen LogP contribution in [0.3, 0.4) is 0 Å². The number of rotatable bonds is 5. The zero-order chi connectivity index (χ0) is 15.4. The standard InChI is InChI=1S/C16H22N4O2/c1-2-6-20-11-18-14-8-13(3-4-15(14)20)19-16(21)17-9-12-5-7-22-10-12/h3-4,8,11-12H,2,5-7,9-10H2,1H3,(H2,17,19,21). The van der Waals surface area contributed by atoms with E-state index in [1.165, 1.54) is 0 Å². The van der Waals surface area contributed by atoms with Crippen LogP contribution in [0.4, 0.5) is 10.5 Å². The van der Waals surface area contributed by atoms with Crippen molar-refractivity contribution in [3.05, 3.63) is 24.5 Å². The molecule has 6 heteroatoms. The Kier molecular flexibility index (Phi) is 4.58. The van der Waals surface area contributed by atoms with E-state index in [0.29, 0.717) is 12.5 Å². The Balaban J connectivity index is 1.59. The fourth-order valence-corrected chi connectivity index (χ4v) is 2.72. The van der Waals surface area contributed by atoms with Gasteiger partial charge in [0.25, 0.3) is 0 Å². The number of imidazole rings is 1. The highest BCUT2D eigenvalue weighted by Crippen LogP contribution is 2.18. The summed E-state index contributed by atoms with van der Waals surface area (Å²) in [6.45, 7) is 5.28. The quantitative estimate of drug-likeness (QED) is 0.892. The van der Waals surface area contributed by atoms with E-state index >= 15 is 0 Å². The Labute approximate surface area is 129 Å². The second kappa shape index (κ2) is 6.79. The zero-order valence-corrected chi connectivity index (χ0v) is 12.8. The van der Waals surface area contributed by atoms with E-state index in [9.17, 15) is 4.79 Å². The number of ether oxygens (including phenoxy) is 1. The molecule has 1 atom stereocenters. The van der Waals surface area contributed by atoms with E-state index in [1.54, 1.807) is 0 Å². The molecule has 2 aromatic rings. The molecule has 0 bridgehead atoms. The Morgan fingerprint density at radius 3 is 3.18 bits per heavy atom. The fourth-order valence-electron chi connectivity index (χ4n) is 2.72. The van der Waals surface area contributed by atoms with Crippen molar-refractivity contribution >= 4 is 22.8 Å². The highest BCUT2D eigenvalue weighted by atomic mass is 16.5. The molecule has 3 rings (SSSR count). The Bertz CT molecular complexity index is 647. The molecule has 1 saturated heterocycles. The number of aryl methyl sites for hydroxylation is 1. The van der Waals surface area contributed by atoms with E-state index in [4.69, 9.17) is 4.74 Å². The second-order valence-corrected chi connectivity index (χ2v) is 5.71. The normalized spacial score (nSPS) is 17.8. The van der Waals surface area contributed by atoms with Crippen molar-refractivity contribution in [2.24, 2.45) is 5.92 Å². The molecule has 1 aromatic heterocycles. The van der Waals surface area contributed by atoms with Crippen LogP contribution in [-0.2, 0) is 11.3 Å². The topological polar surface area (TPSA) is 68.2 Å². The molecule has 1 unspecified atom stereocenters. The van der Waals surface area contributed by atoms with E-state index in [1.807, 2.05) is 24.5 Å². The number of hydrogen-bond acceptors (Lipinski definition) is 3. The van der Waals surface area contributed by atoms with Crippen LogP contribution in [0.5, 0.6) is 0 Å². The number of urea groups is 1. The summed E-state index contributed by atoms with van der Waals surface area (Å²) in [7, 11) is 0. The minimum absolute atomic E-state index is 0.181. The lowest BCUT2D eigenvalue weighted by Gasteiger charge is -2.11. The molecule has 1 fully saturated rings. The number of carbonyl (C=O) groups is 1. The maximum Gasteiger partial charge on any atom is 0.319 e. The van der Waals surface area contributed by atoms with Crippen molar-refractivity contribution in [1.82, 2.24) is 14.9 Å². The molecule has 0 spiro atoms. The van der Waals surface area contributed by atoms with Gasteiger partial charge in [-0.2, -0.15) is 0 Å². The minimum Gasteiger partial charge on any atom is -0.381 e. The third-order valence-electron chi connectivity index (χ3n) is 3.92. The van der Waals surface area contributed by atoms with Gasteiger partial charge in [-0.1, -0.05) is 6.92 Å². The Morgan fingerprint density at radius 1 is 1.50 bits per heavy atom. The van der Waals surface area contributed by atoms with Crippen molar-refractivity contribution in [2.75, 3.05) is 25.1 Å². The van der Waals surface area contributed by atoms with Crippen molar-refractivity contribution < 1.29 is 9.53 Å². The Hall–Kier alpha value is -2.08. The maximum absolute atomic E-state index is 11.9. The first-order chi connectivity index (χ1) is 10.8. The number of hydrogen-bond donors (Lipinski definition) is 2. The molecular weight excluding hydrogens is 280 g/mol. The average Bonchev–Trinajstić information content (AvgIpc) is 3.15. The number of carbonyl (C=O) groups excluding carboxylic acids is 1. The number of aromatic nitrogens is 2. The van der Waals surface area contributed by atoms with Crippen molar-refractivity contribution in [1.29, 1.82) is 0 Å². The lowest BCUT2D eigenvalue weighted by Crippen LogP contribution is -2.33. The zero-order valence-electron chi connectivity index (χ0n) is 12.8. The van der Waals surface area contributed by atoms with Crippen LogP contribution in [-0.4, -0.2) is 35.3 Å². The summed E-state index contributed by atoms with van der Waals surface area (Å²) >= 11 is 0. The van der Waals surface area contributed by atoms with Crippen LogP contribution in [0.1, 0.15) is 19.8 Å². The summed E-state index contributed by atoms with van der Waals surface area (Å²) in [6.07, 6.45) is 3.93. The second-order valence-electron chi connectivity index (χ2n) is 5.71. The molecule has 6 nitrogen and oxygen atoms in total. The Morgan fingerprint density at radius 2 is 2.41 bits per heavy atom. The van der Waals surface area contributed by atoms with Crippen LogP contribution in [0.2, 0.25) is 0 Å². The summed E-state index contributed by atoms with van der Waals surface area (Å²) in [6, 6.07) is 5.63. The molecule has 2 amide bonds. The van der Waals surface area contributed by atoms with Crippen molar-refractivity contribution in [3.63, 3.8) is 0 Å². The van der Waals surface area contributed by atoms with Gasteiger partial charge in [-0.05, 0) is 31.0 Å². The van der Waals surface area contributed by atoms with Gasteiger partial charge in [-0.15, -0.1) is 0 Å². The van der Waals surface area contributed by atoms with Gasteiger partial charge in [0.15, 0.2) is 0 Å². The molecule has 0 aliphatic carbocycles. The van der Waals surface area contributed by atoms with E-state index < -0.39 is 0 Å². The van der Waals surface area contributed by atoms with Gasteiger partial charge in [-0.3, -0.25) is 0 Å². The van der Waals surface area contributed by atoms with E-state index in [0.717, 1.165) is 49.3 Å². The van der Waals surface area contributed by atoms with E-state index in [-0.39, 0.29) is 6.03 Å². The highest BCUT2D eigenvalue weighted by molar-refractivity contribution is 5.91. The lowest BCUT2D eigenvalue weighted by molar-refractivity contribution is 0.185. The minimum atomic E-state index is -0.181. The average molecular weight is 302 g/mol. The molecule has 0 saturated carbocycles. The van der Waals surface area contributed by atoms with E-state index in [2.05, 4.69) is 27.1 Å². The van der Waals surface area contributed by atoms with Gasteiger partial charge in [-0.25, -0.2) is 9.78 Å². The van der Waals surface area contributed by atoms with Gasteiger partial charge in [0, 0.05) is 31.3 Å². The number of amides is 2. The predicted molar refractivity (Wildman–Crippen MR) is 86.0 cm³/mol. The molecule has 2 N–H and O–H groups in total. The van der Waals surface area contributed by atoms with Crippen LogP contribution in [0.15, 0.2) is 24.5 Å². The summed E-state index contributed by atoms with van der Waals surface area (Å²) in [4.78, 5) is 16.3. The first-order valence-corrected chi connectivity index (χ1v) is 7.83. The molecule has 118 valence electrons. The molecule has 1 aromatic carbocycles. The van der Waals surface area contributed by atoms with Gasteiger partial charge >= 0.3 is 6.03 Å². The largest absolute Gasteiger partial charge is 0.381 e. The lowest BCUT2D eigenvalue weighted by atomic mass is 10.1. The maximum atomic E-state index is 11.9. The van der Waals surface area contributed by atoms with Crippen LogP contribution >= 0.6 is 0 Å². The number of fused-ring (bicyclic) bond motifs is 1. The SMILES string of the molecule is CCCn1cnc2cc(NC(=O)NCC3CCOC3)ccc21. The third-order valence-corrected chi connectivity index (χ3v) is 3.92. The molecule has 1 aliphatic heterocycles. The number of anilines is 1. The van der Waals surface area contributed by atoms with Crippen LogP contribution in [0, 0.1) is 5.92 Å². The molecular formula is C16H22N4O2. The predicted octanol–water partition coefficient (Wildman–Crippen LogP) is 2.60. The fraction of sp³-hybridized carbons (Fsp3) is 0.500. The first kappa shape index (κ1) is 14.8. The smallest absolute Gasteiger partial charge is 0.319 e. The van der Waals surface area contributed by atoms with Crippen LogP contribution < -0.4 is 10.6 Å².